The van der Waals surface area contributed by atoms with Crippen LogP contribution in [0.4, 0.5) is 11.4 Å². The molecule has 0 aliphatic heterocycles. The van der Waals surface area contributed by atoms with E-state index in [0.29, 0.717) is 29.6 Å². The number of hydrogen-bond donors (Lipinski definition) is 3. The van der Waals surface area contributed by atoms with Gasteiger partial charge in [-0.25, -0.2) is 4.98 Å². The summed E-state index contributed by atoms with van der Waals surface area (Å²) in [5.41, 5.74) is 11.2. The Bertz CT molecular complexity index is 1060. The Hall–Kier alpha value is -3.09. The Balaban J connectivity index is 1.81. The van der Waals surface area contributed by atoms with Crippen molar-refractivity contribution in [2.24, 2.45) is 7.05 Å². The van der Waals surface area contributed by atoms with Gasteiger partial charge >= 0.3 is 0 Å². The largest absolute Gasteiger partial charge is 0.399 e. The van der Waals surface area contributed by atoms with Crippen LogP contribution in [0.3, 0.4) is 0 Å². The molecule has 0 spiro atoms. The number of fused-ring (bicyclic) bond motifs is 1. The maximum Gasteiger partial charge on any atom is 0.273 e. The fraction of sp³-hybridized carbons (Fsp3) is 0.316. The number of amides is 1. The number of H-pyrrole nitrogens is 1. The Morgan fingerprint density at radius 3 is 2.77 bits per heavy atom. The van der Waals surface area contributed by atoms with Crippen molar-refractivity contribution in [3.05, 3.63) is 50.9 Å². The molecule has 7 heteroatoms. The molecule has 0 unspecified atom stereocenters. The maximum atomic E-state index is 12.4. The number of nitrogens with one attached hydrogen (secondary N) is 2. The molecule has 3 rings (SSSR count). The molecule has 4 N–H and O–H groups in total. The van der Waals surface area contributed by atoms with Gasteiger partial charge in [-0.1, -0.05) is 6.07 Å². The SMILES string of the molecule is Cc1ccc(N)cc1NC(=O)CCc1c(C)nc2c(c1C)c(=O)[nH]n2C. The van der Waals surface area contributed by atoms with Crippen LogP contribution in [0.5, 0.6) is 0 Å². The Kier molecular flexibility index (Phi) is 4.54. The number of carbonyl (C=O) groups excluding carboxylic acids is 1. The second kappa shape index (κ2) is 6.67. The van der Waals surface area contributed by atoms with Gasteiger partial charge in [0.2, 0.25) is 5.91 Å². The van der Waals surface area contributed by atoms with Crippen LogP contribution in [-0.4, -0.2) is 20.7 Å². The van der Waals surface area contributed by atoms with Crippen LogP contribution in [0.2, 0.25) is 0 Å². The minimum absolute atomic E-state index is 0.0976. The van der Waals surface area contributed by atoms with E-state index in [1.165, 1.54) is 0 Å². The highest BCUT2D eigenvalue weighted by molar-refractivity contribution is 5.92. The van der Waals surface area contributed by atoms with Crippen LogP contribution < -0.4 is 16.6 Å². The van der Waals surface area contributed by atoms with E-state index in [4.69, 9.17) is 5.73 Å². The first-order chi connectivity index (χ1) is 12.3. The van der Waals surface area contributed by atoms with Crippen molar-refractivity contribution in [3.8, 4) is 0 Å². The first kappa shape index (κ1) is 17.7. The number of anilines is 2. The number of nitrogens with two attached hydrogens (primary N) is 1. The number of aromatic amines is 1. The summed E-state index contributed by atoms with van der Waals surface area (Å²) in [6.07, 6.45) is 0.815. The van der Waals surface area contributed by atoms with Crippen molar-refractivity contribution < 1.29 is 4.79 Å². The summed E-state index contributed by atoms with van der Waals surface area (Å²) in [5, 5.41) is 6.21. The number of aromatic nitrogens is 3. The molecular formula is C19H23N5O2. The third-order valence-electron chi connectivity index (χ3n) is 4.71. The Labute approximate surface area is 151 Å². The molecule has 0 aliphatic rings. The number of benzene rings is 1. The normalized spacial score (nSPS) is 11.1. The van der Waals surface area contributed by atoms with Crippen molar-refractivity contribution in [1.29, 1.82) is 0 Å². The molecule has 3 aromatic rings. The van der Waals surface area contributed by atoms with Crippen LogP contribution in [0, 0.1) is 20.8 Å². The van der Waals surface area contributed by atoms with Gasteiger partial charge in [0.25, 0.3) is 5.56 Å². The van der Waals surface area contributed by atoms with Crippen molar-refractivity contribution in [2.45, 2.75) is 33.6 Å². The summed E-state index contributed by atoms with van der Waals surface area (Å²) >= 11 is 0. The molecule has 0 saturated carbocycles. The number of nitrogen functional groups attached to an aromatic ring is 1. The Morgan fingerprint density at radius 1 is 1.31 bits per heavy atom. The lowest BCUT2D eigenvalue weighted by molar-refractivity contribution is -0.116. The van der Waals surface area contributed by atoms with E-state index in [2.05, 4.69) is 15.4 Å². The van der Waals surface area contributed by atoms with E-state index >= 15 is 0 Å². The zero-order valence-electron chi connectivity index (χ0n) is 15.4. The van der Waals surface area contributed by atoms with Gasteiger partial charge in [0.05, 0.1) is 5.39 Å². The lowest BCUT2D eigenvalue weighted by Crippen LogP contribution is -2.14. The van der Waals surface area contributed by atoms with E-state index in [9.17, 15) is 9.59 Å². The highest BCUT2D eigenvalue weighted by Crippen LogP contribution is 2.22. The third-order valence-corrected chi connectivity index (χ3v) is 4.71. The molecule has 0 radical (unpaired) electrons. The first-order valence-corrected chi connectivity index (χ1v) is 8.48. The number of carbonyl (C=O) groups is 1. The predicted octanol–water partition coefficient (Wildman–Crippen LogP) is 2.34. The molecule has 2 aromatic heterocycles. The summed E-state index contributed by atoms with van der Waals surface area (Å²) < 4.78 is 1.62. The Morgan fingerprint density at radius 2 is 2.04 bits per heavy atom. The molecule has 0 bridgehead atoms. The average Bonchev–Trinajstić information content (AvgIpc) is 2.84. The van der Waals surface area contributed by atoms with E-state index in [-0.39, 0.29) is 11.5 Å². The minimum atomic E-state index is -0.159. The van der Waals surface area contributed by atoms with Gasteiger partial charge < -0.3 is 11.1 Å². The molecule has 136 valence electrons. The van der Waals surface area contributed by atoms with Gasteiger partial charge in [-0.05, 0) is 56.0 Å². The van der Waals surface area contributed by atoms with Gasteiger partial charge in [0, 0.05) is 30.5 Å². The molecule has 1 aromatic carbocycles. The molecule has 2 heterocycles. The van der Waals surface area contributed by atoms with Crippen molar-refractivity contribution >= 4 is 28.3 Å². The number of hydrogen-bond acceptors (Lipinski definition) is 4. The molecule has 0 saturated heterocycles. The lowest BCUT2D eigenvalue weighted by Gasteiger charge is -2.12. The monoisotopic (exact) mass is 353 g/mol. The van der Waals surface area contributed by atoms with Gasteiger partial charge in [-0.2, -0.15) is 0 Å². The molecular weight excluding hydrogens is 330 g/mol. The van der Waals surface area contributed by atoms with E-state index in [1.807, 2.05) is 26.8 Å². The lowest BCUT2D eigenvalue weighted by atomic mass is 10.00. The van der Waals surface area contributed by atoms with Crippen molar-refractivity contribution in [1.82, 2.24) is 14.8 Å². The minimum Gasteiger partial charge on any atom is -0.399 e. The third kappa shape index (κ3) is 3.20. The van der Waals surface area contributed by atoms with E-state index in [0.717, 1.165) is 28.1 Å². The average molecular weight is 353 g/mol. The van der Waals surface area contributed by atoms with Crippen LogP contribution in [0.25, 0.3) is 11.0 Å². The molecule has 0 atom stereocenters. The van der Waals surface area contributed by atoms with Crippen molar-refractivity contribution in [2.75, 3.05) is 11.1 Å². The summed E-state index contributed by atoms with van der Waals surface area (Å²) in [5.74, 6) is -0.0976. The predicted molar refractivity (Wildman–Crippen MR) is 103 cm³/mol. The first-order valence-electron chi connectivity index (χ1n) is 8.48. The number of nitrogens with zero attached hydrogens (tertiary/aromatic N) is 2. The smallest absolute Gasteiger partial charge is 0.273 e. The standard InChI is InChI=1S/C19H23N5O2/c1-10-5-6-13(20)9-15(10)22-16(25)8-7-14-11(2)17-18(21-12(14)3)24(4)23-19(17)26/h5-6,9H,7-8,20H2,1-4H3,(H,22,25)(H,23,26). The zero-order valence-corrected chi connectivity index (χ0v) is 15.4. The summed E-state index contributed by atoms with van der Waals surface area (Å²) in [6.45, 7) is 5.73. The quantitative estimate of drug-likeness (QED) is 0.626. The highest BCUT2D eigenvalue weighted by atomic mass is 16.1. The zero-order chi connectivity index (χ0) is 19.0. The highest BCUT2D eigenvalue weighted by Gasteiger charge is 2.16. The molecule has 0 fully saturated rings. The summed E-state index contributed by atoms with van der Waals surface area (Å²) in [4.78, 5) is 29.0. The van der Waals surface area contributed by atoms with E-state index in [1.54, 1.807) is 23.9 Å². The number of aryl methyl sites for hydroxylation is 4. The number of rotatable bonds is 4. The van der Waals surface area contributed by atoms with Crippen LogP contribution >= 0.6 is 0 Å². The van der Waals surface area contributed by atoms with Crippen LogP contribution in [0.15, 0.2) is 23.0 Å². The van der Waals surface area contributed by atoms with Crippen LogP contribution in [0.1, 0.15) is 28.8 Å². The molecule has 7 nitrogen and oxygen atoms in total. The van der Waals surface area contributed by atoms with Crippen molar-refractivity contribution in [3.63, 3.8) is 0 Å². The number of pyridine rings is 1. The van der Waals surface area contributed by atoms with Gasteiger partial charge in [0.1, 0.15) is 0 Å². The molecule has 1 amide bonds. The fourth-order valence-electron chi connectivity index (χ4n) is 3.24. The summed E-state index contributed by atoms with van der Waals surface area (Å²) in [6, 6.07) is 5.43. The maximum absolute atomic E-state index is 12.4. The van der Waals surface area contributed by atoms with Gasteiger partial charge in [-0.3, -0.25) is 19.4 Å². The summed E-state index contributed by atoms with van der Waals surface area (Å²) in [7, 11) is 1.76. The topological polar surface area (TPSA) is 106 Å². The molecule has 26 heavy (non-hydrogen) atoms. The fourth-order valence-corrected chi connectivity index (χ4v) is 3.24. The second-order valence-electron chi connectivity index (χ2n) is 6.62. The molecule has 0 aliphatic carbocycles. The van der Waals surface area contributed by atoms with Gasteiger partial charge in [-0.15, -0.1) is 0 Å². The second-order valence-corrected chi connectivity index (χ2v) is 6.62. The van der Waals surface area contributed by atoms with E-state index < -0.39 is 0 Å². The van der Waals surface area contributed by atoms with Gasteiger partial charge in [0.15, 0.2) is 5.65 Å². The van der Waals surface area contributed by atoms with Crippen LogP contribution in [-0.2, 0) is 18.3 Å².